The number of anilines is 1. The van der Waals surface area contributed by atoms with Gasteiger partial charge >= 0.3 is 0 Å². The lowest BCUT2D eigenvalue weighted by Crippen LogP contribution is -2.22. The second-order valence-electron chi connectivity index (χ2n) is 4.31. The van der Waals surface area contributed by atoms with Crippen molar-refractivity contribution in [2.45, 2.75) is 39.5 Å². The van der Waals surface area contributed by atoms with Crippen molar-refractivity contribution in [3.05, 3.63) is 21.6 Å². The van der Waals surface area contributed by atoms with E-state index < -0.39 is 0 Å². The molecule has 0 unspecified atom stereocenters. The third kappa shape index (κ3) is 3.08. The third-order valence-electron chi connectivity index (χ3n) is 2.66. The van der Waals surface area contributed by atoms with Crippen LogP contribution in [0.5, 0.6) is 0 Å². The van der Waals surface area contributed by atoms with E-state index in [0.29, 0.717) is 5.95 Å². The summed E-state index contributed by atoms with van der Waals surface area (Å²) in [4.78, 5) is 20.8. The summed E-state index contributed by atoms with van der Waals surface area (Å²) in [7, 11) is 3.74. The number of aromatic amines is 1. The molecular weight excluding hydrogens is 202 g/mol. The Bertz CT molecular complexity index is 396. The molecule has 0 aromatic carbocycles. The summed E-state index contributed by atoms with van der Waals surface area (Å²) in [5.41, 5.74) is 1.69. The highest BCUT2D eigenvalue weighted by molar-refractivity contribution is 5.30. The molecule has 1 heterocycles. The van der Waals surface area contributed by atoms with E-state index >= 15 is 0 Å². The van der Waals surface area contributed by atoms with Gasteiger partial charge in [0.1, 0.15) is 0 Å². The normalized spacial score (nSPS) is 10.5. The number of aryl methyl sites for hydroxylation is 1. The van der Waals surface area contributed by atoms with Crippen LogP contribution >= 0.6 is 0 Å². The number of nitrogens with one attached hydrogen (secondary N) is 1. The van der Waals surface area contributed by atoms with Crippen molar-refractivity contribution in [1.82, 2.24) is 9.97 Å². The number of unbranched alkanes of at least 4 members (excludes halogenated alkanes) is 2. The molecule has 1 N–H and O–H groups in total. The van der Waals surface area contributed by atoms with Gasteiger partial charge in [-0.2, -0.15) is 0 Å². The largest absolute Gasteiger partial charge is 0.348 e. The summed E-state index contributed by atoms with van der Waals surface area (Å²) in [6.45, 7) is 4.06. The molecule has 1 aromatic rings. The van der Waals surface area contributed by atoms with Crippen LogP contribution in [0.4, 0.5) is 5.95 Å². The van der Waals surface area contributed by atoms with Gasteiger partial charge in [-0.25, -0.2) is 4.98 Å². The van der Waals surface area contributed by atoms with Gasteiger partial charge in [0.05, 0.1) is 0 Å². The first-order valence-corrected chi connectivity index (χ1v) is 5.83. The molecule has 0 amide bonds. The molecule has 0 fully saturated rings. The lowest BCUT2D eigenvalue weighted by molar-refractivity contribution is 0.706. The van der Waals surface area contributed by atoms with E-state index in [1.807, 2.05) is 25.9 Å². The molecule has 1 rings (SSSR count). The summed E-state index contributed by atoms with van der Waals surface area (Å²) in [5, 5.41) is 0. The van der Waals surface area contributed by atoms with Crippen LogP contribution in [0.2, 0.25) is 0 Å². The first-order chi connectivity index (χ1) is 7.56. The standard InChI is InChI=1S/C12H21N3O/c1-5-6-7-8-10-9(2)13-12(15(3)4)14-11(10)16/h5-8H2,1-4H3,(H,13,14,16). The van der Waals surface area contributed by atoms with E-state index in [4.69, 9.17) is 0 Å². The Balaban J connectivity index is 2.90. The summed E-state index contributed by atoms with van der Waals surface area (Å²) >= 11 is 0. The van der Waals surface area contributed by atoms with Gasteiger partial charge in [-0.05, 0) is 19.8 Å². The second kappa shape index (κ2) is 5.68. The van der Waals surface area contributed by atoms with Gasteiger partial charge in [0.15, 0.2) is 0 Å². The fourth-order valence-electron chi connectivity index (χ4n) is 1.65. The number of aromatic nitrogens is 2. The quantitative estimate of drug-likeness (QED) is 0.775. The van der Waals surface area contributed by atoms with Crippen molar-refractivity contribution < 1.29 is 0 Å². The SMILES string of the molecule is CCCCCc1c(C)nc(N(C)C)[nH]c1=O. The Morgan fingerprint density at radius 1 is 1.31 bits per heavy atom. The van der Waals surface area contributed by atoms with Crippen molar-refractivity contribution in [3.63, 3.8) is 0 Å². The van der Waals surface area contributed by atoms with Crippen molar-refractivity contribution in [2.75, 3.05) is 19.0 Å². The van der Waals surface area contributed by atoms with Crippen LogP contribution in [-0.4, -0.2) is 24.1 Å². The number of hydrogen-bond acceptors (Lipinski definition) is 3. The zero-order valence-electron chi connectivity index (χ0n) is 10.6. The van der Waals surface area contributed by atoms with Gasteiger partial charge in [-0.3, -0.25) is 9.78 Å². The summed E-state index contributed by atoms with van der Waals surface area (Å²) in [5.74, 6) is 0.627. The van der Waals surface area contributed by atoms with Crippen LogP contribution in [0.1, 0.15) is 37.4 Å². The summed E-state index contributed by atoms with van der Waals surface area (Å²) in [6.07, 6.45) is 4.22. The lowest BCUT2D eigenvalue weighted by atomic mass is 10.1. The Kier molecular flexibility index (Phi) is 4.52. The Morgan fingerprint density at radius 3 is 2.50 bits per heavy atom. The van der Waals surface area contributed by atoms with E-state index in [2.05, 4.69) is 16.9 Å². The van der Waals surface area contributed by atoms with E-state index in [-0.39, 0.29) is 5.56 Å². The smallest absolute Gasteiger partial charge is 0.255 e. The minimum absolute atomic E-state index is 0.00676. The highest BCUT2D eigenvalue weighted by Gasteiger charge is 2.08. The average molecular weight is 223 g/mol. The van der Waals surface area contributed by atoms with Crippen molar-refractivity contribution >= 4 is 5.95 Å². The topological polar surface area (TPSA) is 49.0 Å². The molecule has 0 saturated heterocycles. The Hall–Kier alpha value is -1.32. The predicted molar refractivity (Wildman–Crippen MR) is 67.2 cm³/mol. The second-order valence-corrected chi connectivity index (χ2v) is 4.31. The lowest BCUT2D eigenvalue weighted by Gasteiger charge is -2.12. The first kappa shape index (κ1) is 12.7. The number of H-pyrrole nitrogens is 1. The van der Waals surface area contributed by atoms with Crippen LogP contribution in [0.15, 0.2) is 4.79 Å². The Labute approximate surface area is 96.7 Å². The first-order valence-electron chi connectivity index (χ1n) is 5.83. The van der Waals surface area contributed by atoms with Crippen molar-refractivity contribution in [3.8, 4) is 0 Å². The monoisotopic (exact) mass is 223 g/mol. The summed E-state index contributed by atoms with van der Waals surface area (Å²) in [6, 6.07) is 0. The number of nitrogens with zero attached hydrogens (tertiary/aromatic N) is 2. The molecular formula is C12H21N3O. The molecule has 0 bridgehead atoms. The van der Waals surface area contributed by atoms with Crippen LogP contribution in [-0.2, 0) is 6.42 Å². The van der Waals surface area contributed by atoms with E-state index in [9.17, 15) is 4.79 Å². The summed E-state index contributed by atoms with van der Waals surface area (Å²) < 4.78 is 0. The molecule has 0 saturated carbocycles. The van der Waals surface area contributed by atoms with Crippen molar-refractivity contribution in [1.29, 1.82) is 0 Å². The van der Waals surface area contributed by atoms with Crippen LogP contribution in [0, 0.1) is 6.92 Å². The predicted octanol–water partition coefficient (Wildman–Crippen LogP) is 1.88. The minimum Gasteiger partial charge on any atom is -0.348 e. The van der Waals surface area contributed by atoms with Gasteiger partial charge < -0.3 is 4.90 Å². The molecule has 0 aliphatic rings. The van der Waals surface area contributed by atoms with Gasteiger partial charge in [-0.15, -0.1) is 0 Å². The van der Waals surface area contributed by atoms with Gasteiger partial charge in [0.2, 0.25) is 5.95 Å². The number of rotatable bonds is 5. The van der Waals surface area contributed by atoms with Gasteiger partial charge in [0, 0.05) is 25.4 Å². The van der Waals surface area contributed by atoms with Crippen LogP contribution < -0.4 is 10.5 Å². The van der Waals surface area contributed by atoms with Gasteiger partial charge in [0.25, 0.3) is 5.56 Å². The van der Waals surface area contributed by atoms with Crippen molar-refractivity contribution in [2.24, 2.45) is 0 Å². The molecule has 0 radical (unpaired) electrons. The van der Waals surface area contributed by atoms with Crippen LogP contribution in [0.25, 0.3) is 0 Å². The molecule has 0 spiro atoms. The molecule has 16 heavy (non-hydrogen) atoms. The third-order valence-corrected chi connectivity index (χ3v) is 2.66. The zero-order chi connectivity index (χ0) is 12.1. The molecule has 4 heteroatoms. The maximum absolute atomic E-state index is 11.8. The highest BCUT2D eigenvalue weighted by atomic mass is 16.1. The number of hydrogen-bond donors (Lipinski definition) is 1. The molecule has 1 aromatic heterocycles. The molecule has 4 nitrogen and oxygen atoms in total. The van der Waals surface area contributed by atoms with E-state index in [0.717, 1.165) is 30.5 Å². The maximum atomic E-state index is 11.8. The molecule has 0 aliphatic heterocycles. The van der Waals surface area contributed by atoms with E-state index in [1.165, 1.54) is 6.42 Å². The highest BCUT2D eigenvalue weighted by Crippen LogP contribution is 2.08. The minimum atomic E-state index is 0.00676. The molecule has 0 atom stereocenters. The zero-order valence-corrected chi connectivity index (χ0v) is 10.6. The van der Waals surface area contributed by atoms with Crippen LogP contribution in [0.3, 0.4) is 0 Å². The molecule has 90 valence electrons. The Morgan fingerprint density at radius 2 is 2.00 bits per heavy atom. The maximum Gasteiger partial charge on any atom is 0.255 e. The average Bonchev–Trinajstić information content (AvgIpc) is 2.21. The molecule has 0 aliphatic carbocycles. The van der Waals surface area contributed by atoms with E-state index in [1.54, 1.807) is 0 Å². The fraction of sp³-hybridized carbons (Fsp3) is 0.667. The van der Waals surface area contributed by atoms with Gasteiger partial charge in [-0.1, -0.05) is 19.8 Å². The fourth-order valence-corrected chi connectivity index (χ4v) is 1.65.